The van der Waals surface area contributed by atoms with Gasteiger partial charge in [-0.25, -0.2) is 13.8 Å². The lowest BCUT2D eigenvalue weighted by atomic mass is 10.1. The Hall–Kier alpha value is -1.44. The number of rotatable bonds is 5. The van der Waals surface area contributed by atoms with Gasteiger partial charge in [-0.1, -0.05) is 0 Å². The molecule has 12 nitrogen and oxygen atoms in total. The zero-order chi connectivity index (χ0) is 18.3. The third-order valence-corrected chi connectivity index (χ3v) is 3.82. The number of nitrogens with zero attached hydrogens (tertiary/aromatic N) is 1. The molecule has 1 aliphatic rings. The molecule has 0 bridgehead atoms. The van der Waals surface area contributed by atoms with Gasteiger partial charge in [-0.3, -0.25) is 18.9 Å². The number of H-pyrrole nitrogens is 1. The topological polar surface area (TPSA) is 181 Å². The molecule has 1 saturated heterocycles. The van der Waals surface area contributed by atoms with Crippen molar-refractivity contribution in [1.29, 1.82) is 0 Å². The molecule has 0 unspecified atom stereocenters. The average Bonchev–Trinajstić information content (AvgIpc) is 2.67. The summed E-state index contributed by atoms with van der Waals surface area (Å²) in [6, 6.07) is 0.811. The van der Waals surface area contributed by atoms with E-state index in [1.807, 2.05) is 0 Å². The fraction of sp³-hybridized carbons (Fsp3) is 0.600. The van der Waals surface area contributed by atoms with E-state index in [4.69, 9.17) is 19.3 Å². The van der Waals surface area contributed by atoms with Gasteiger partial charge in [0.2, 0.25) is 12.0 Å². The maximum atomic E-state index is 14.8. The first-order chi connectivity index (χ1) is 11.0. The first kappa shape index (κ1) is 18.9. The molecule has 5 N–H and O–H groups in total. The summed E-state index contributed by atoms with van der Waals surface area (Å²) in [6.45, 7) is -1.19. The Balaban J connectivity index is 2.58. The molecule has 0 aromatic carbocycles. The van der Waals surface area contributed by atoms with Gasteiger partial charge in [0.1, 0.15) is 6.61 Å². The molecule has 136 valence electrons. The molecule has 1 aromatic rings. The van der Waals surface area contributed by atoms with Crippen molar-refractivity contribution in [1.82, 2.24) is 9.55 Å². The predicted molar refractivity (Wildman–Crippen MR) is 71.2 cm³/mol. The van der Waals surface area contributed by atoms with Crippen LogP contribution in [0.15, 0.2) is 21.9 Å². The Morgan fingerprint density at radius 3 is 2.58 bits per heavy atom. The first-order valence-electron chi connectivity index (χ1n) is 6.27. The van der Waals surface area contributed by atoms with Gasteiger partial charge in [0.15, 0.2) is 6.10 Å². The summed E-state index contributed by atoms with van der Waals surface area (Å²) in [4.78, 5) is 42.3. The molecule has 0 spiro atoms. The van der Waals surface area contributed by atoms with E-state index in [1.165, 1.54) is 0 Å². The standard InChI is InChI=1S/C10H14FN2O10P/c1-21-9(4-14)6(23-24(18,19)20)10(11,17)7(22-9)13-3-2-5(15)12-8(13)16/h2-3,6-7,14,17H,4H2,1H3,(H,12,15,16)(H2,18,19,20)/t6-,7-,9-,10-/m1/s1. The van der Waals surface area contributed by atoms with Gasteiger partial charge in [-0.2, -0.15) is 0 Å². The van der Waals surface area contributed by atoms with E-state index in [0.717, 1.165) is 19.4 Å². The quantitative estimate of drug-likeness (QED) is 0.348. The molecule has 0 amide bonds. The Morgan fingerprint density at radius 2 is 2.12 bits per heavy atom. The van der Waals surface area contributed by atoms with Crippen molar-refractivity contribution < 1.29 is 43.0 Å². The highest BCUT2D eigenvalue weighted by Gasteiger charge is 2.69. The summed E-state index contributed by atoms with van der Waals surface area (Å²) in [5.41, 5.74) is -2.01. The molecule has 1 aromatic heterocycles. The van der Waals surface area contributed by atoms with E-state index in [2.05, 4.69) is 4.52 Å². The number of aromatic amines is 1. The number of hydrogen-bond donors (Lipinski definition) is 5. The molecule has 0 aliphatic carbocycles. The number of alkyl halides is 1. The molecule has 0 saturated carbocycles. The number of ether oxygens (including phenoxy) is 2. The van der Waals surface area contributed by atoms with E-state index < -0.39 is 49.7 Å². The van der Waals surface area contributed by atoms with Gasteiger partial charge in [-0.15, -0.1) is 0 Å². The van der Waals surface area contributed by atoms with Crippen LogP contribution in [0.2, 0.25) is 0 Å². The van der Waals surface area contributed by atoms with Crippen molar-refractivity contribution in [3.63, 3.8) is 0 Å². The smallest absolute Gasteiger partial charge is 0.391 e. The Labute approximate surface area is 132 Å². The summed E-state index contributed by atoms with van der Waals surface area (Å²) >= 11 is 0. The lowest BCUT2D eigenvalue weighted by molar-refractivity contribution is -0.267. The van der Waals surface area contributed by atoms with Crippen molar-refractivity contribution >= 4 is 7.82 Å². The highest BCUT2D eigenvalue weighted by molar-refractivity contribution is 7.46. The van der Waals surface area contributed by atoms with Gasteiger partial charge >= 0.3 is 13.5 Å². The number of aliphatic hydroxyl groups excluding tert-OH is 1. The van der Waals surface area contributed by atoms with Crippen LogP contribution in [0.4, 0.5) is 4.39 Å². The second-order valence-corrected chi connectivity index (χ2v) is 6.06. The van der Waals surface area contributed by atoms with E-state index in [9.17, 15) is 28.8 Å². The number of halogens is 1. The molecule has 0 radical (unpaired) electrons. The third-order valence-electron chi connectivity index (χ3n) is 3.34. The second-order valence-electron chi connectivity index (χ2n) is 4.87. The average molecular weight is 372 g/mol. The number of phosphoric acid groups is 1. The lowest BCUT2D eigenvalue weighted by Crippen LogP contribution is -2.53. The molecule has 2 heterocycles. The number of methoxy groups -OCH3 is 1. The van der Waals surface area contributed by atoms with Crippen molar-refractivity contribution in [2.24, 2.45) is 0 Å². The number of nitrogens with one attached hydrogen (secondary N) is 1. The van der Waals surface area contributed by atoms with Crippen LogP contribution < -0.4 is 11.2 Å². The maximum absolute atomic E-state index is 14.8. The lowest BCUT2D eigenvalue weighted by Gasteiger charge is -2.31. The van der Waals surface area contributed by atoms with Gasteiger partial charge in [0, 0.05) is 19.4 Å². The van der Waals surface area contributed by atoms with E-state index in [1.54, 1.807) is 4.98 Å². The Bertz CT molecular complexity index is 765. The van der Waals surface area contributed by atoms with Crippen molar-refractivity contribution in [3.8, 4) is 0 Å². The van der Waals surface area contributed by atoms with Crippen LogP contribution in [0.1, 0.15) is 6.23 Å². The van der Waals surface area contributed by atoms with Gasteiger partial charge in [0.25, 0.3) is 11.4 Å². The largest absolute Gasteiger partial charge is 0.470 e. The minimum absolute atomic E-state index is 0.397. The third kappa shape index (κ3) is 3.20. The molecule has 1 fully saturated rings. The Morgan fingerprint density at radius 1 is 1.50 bits per heavy atom. The highest BCUT2D eigenvalue weighted by atomic mass is 31.2. The van der Waals surface area contributed by atoms with E-state index in [-0.39, 0.29) is 0 Å². The fourth-order valence-electron chi connectivity index (χ4n) is 2.27. The summed E-state index contributed by atoms with van der Waals surface area (Å²) in [5, 5.41) is 19.4. The maximum Gasteiger partial charge on any atom is 0.470 e. The van der Waals surface area contributed by atoms with Gasteiger partial charge in [0.05, 0.1) is 0 Å². The van der Waals surface area contributed by atoms with Crippen LogP contribution in [0.25, 0.3) is 0 Å². The van der Waals surface area contributed by atoms with Crippen LogP contribution >= 0.6 is 7.82 Å². The van der Waals surface area contributed by atoms with Crippen LogP contribution in [-0.2, 0) is 18.6 Å². The summed E-state index contributed by atoms with van der Waals surface area (Å²) in [7, 11) is -4.47. The normalized spacial score (nSPS) is 33.8. The molecular formula is C10H14FN2O10P. The van der Waals surface area contributed by atoms with Gasteiger partial charge in [-0.05, 0) is 0 Å². The van der Waals surface area contributed by atoms with Crippen LogP contribution in [0.3, 0.4) is 0 Å². The molecular weight excluding hydrogens is 358 g/mol. The van der Waals surface area contributed by atoms with E-state index in [0.29, 0.717) is 4.57 Å². The molecule has 14 heteroatoms. The zero-order valence-corrected chi connectivity index (χ0v) is 12.9. The number of aliphatic hydroxyl groups is 2. The van der Waals surface area contributed by atoms with E-state index >= 15 is 0 Å². The Kier molecular flexibility index (Phi) is 4.82. The number of aromatic nitrogens is 2. The van der Waals surface area contributed by atoms with Gasteiger partial charge < -0.3 is 29.5 Å². The molecule has 2 rings (SSSR count). The fourth-order valence-corrected chi connectivity index (χ4v) is 2.85. The zero-order valence-electron chi connectivity index (χ0n) is 12.0. The monoisotopic (exact) mass is 372 g/mol. The minimum Gasteiger partial charge on any atom is -0.391 e. The highest BCUT2D eigenvalue weighted by Crippen LogP contribution is 2.52. The minimum atomic E-state index is -5.36. The second kappa shape index (κ2) is 6.13. The van der Waals surface area contributed by atoms with Crippen molar-refractivity contribution in [2.75, 3.05) is 13.7 Å². The SMILES string of the molecule is CO[C@]1(CO)O[C@@H](n2ccc(=O)[nH]c2=O)[C@@](O)(F)[C@@H]1OP(=O)(O)O. The summed E-state index contributed by atoms with van der Waals surface area (Å²) < 4.78 is 40.2. The molecule has 1 aliphatic heterocycles. The van der Waals surface area contributed by atoms with Crippen LogP contribution in [-0.4, -0.2) is 61.0 Å². The number of phosphoric ester groups is 1. The molecule has 4 atom stereocenters. The van der Waals surface area contributed by atoms with Crippen molar-refractivity contribution in [2.45, 2.75) is 24.0 Å². The van der Waals surface area contributed by atoms with Crippen LogP contribution in [0, 0.1) is 0 Å². The predicted octanol–water partition coefficient (Wildman–Crippen LogP) is -2.46. The first-order valence-corrected chi connectivity index (χ1v) is 7.80. The van der Waals surface area contributed by atoms with Crippen LogP contribution in [0.5, 0.6) is 0 Å². The summed E-state index contributed by atoms with van der Waals surface area (Å²) in [6.07, 6.45) is -4.00. The van der Waals surface area contributed by atoms with Crippen molar-refractivity contribution in [3.05, 3.63) is 33.1 Å². The number of hydrogen-bond acceptors (Lipinski definition) is 8. The molecule has 24 heavy (non-hydrogen) atoms. The summed E-state index contributed by atoms with van der Waals surface area (Å²) in [5.74, 6) is -6.26.